The summed E-state index contributed by atoms with van der Waals surface area (Å²) in [7, 11) is 0. The van der Waals surface area contributed by atoms with Crippen LogP contribution >= 0.6 is 0 Å². The van der Waals surface area contributed by atoms with Gasteiger partial charge in [0.1, 0.15) is 5.75 Å². The Morgan fingerprint density at radius 1 is 1.29 bits per heavy atom. The molecule has 1 aromatic carbocycles. The van der Waals surface area contributed by atoms with Gasteiger partial charge in [0.15, 0.2) is 6.61 Å². The minimum absolute atomic E-state index is 0.0821. The quantitative estimate of drug-likeness (QED) is 0.787. The van der Waals surface area contributed by atoms with Crippen LogP contribution in [0.4, 0.5) is 0 Å². The van der Waals surface area contributed by atoms with Gasteiger partial charge in [-0.3, -0.25) is 4.79 Å². The Hall–Kier alpha value is -1.55. The second-order valence-corrected chi connectivity index (χ2v) is 4.35. The van der Waals surface area contributed by atoms with Gasteiger partial charge in [-0.25, -0.2) is 0 Å². The highest BCUT2D eigenvalue weighted by Gasteiger charge is 2.18. The lowest BCUT2D eigenvalue weighted by molar-refractivity contribution is -0.662. The Kier molecular flexibility index (Phi) is 3.98. The lowest BCUT2D eigenvalue weighted by Gasteiger charge is -2.25. The molecule has 17 heavy (non-hydrogen) atoms. The normalized spacial score (nSPS) is 15.7. The van der Waals surface area contributed by atoms with E-state index in [0.717, 1.165) is 31.9 Å². The van der Waals surface area contributed by atoms with Crippen LogP contribution in [0.3, 0.4) is 0 Å². The number of piperazine rings is 1. The molecule has 0 unspecified atom stereocenters. The fourth-order valence-corrected chi connectivity index (χ4v) is 1.87. The third-order valence-corrected chi connectivity index (χ3v) is 2.94. The van der Waals surface area contributed by atoms with Crippen LogP contribution in [0.1, 0.15) is 5.56 Å². The number of nitrogens with zero attached hydrogens (tertiary/aromatic N) is 1. The summed E-state index contributed by atoms with van der Waals surface area (Å²) < 4.78 is 5.47. The van der Waals surface area contributed by atoms with Crippen molar-refractivity contribution in [3.63, 3.8) is 0 Å². The molecule has 0 radical (unpaired) electrons. The van der Waals surface area contributed by atoms with Gasteiger partial charge in [0, 0.05) is 0 Å². The SMILES string of the molecule is Cc1ccc(OCC(=O)N2CC[NH2+]CC2)cc1. The topological polar surface area (TPSA) is 46.1 Å². The van der Waals surface area contributed by atoms with Gasteiger partial charge in [-0.2, -0.15) is 0 Å². The van der Waals surface area contributed by atoms with Crippen LogP contribution in [0, 0.1) is 6.92 Å². The van der Waals surface area contributed by atoms with Crippen LogP contribution in [0.25, 0.3) is 0 Å². The molecule has 1 aliphatic heterocycles. The van der Waals surface area contributed by atoms with Crippen molar-refractivity contribution in [3.8, 4) is 5.75 Å². The first-order valence-electron chi connectivity index (χ1n) is 6.04. The number of amides is 1. The minimum atomic E-state index is 0.0821. The molecular formula is C13H19N2O2+. The fourth-order valence-electron chi connectivity index (χ4n) is 1.87. The molecule has 0 spiro atoms. The molecule has 0 aromatic heterocycles. The van der Waals surface area contributed by atoms with E-state index >= 15 is 0 Å². The molecular weight excluding hydrogens is 216 g/mol. The average Bonchev–Trinajstić information content (AvgIpc) is 2.39. The predicted octanol–water partition coefficient (Wildman–Crippen LogP) is -0.221. The molecule has 1 saturated heterocycles. The molecule has 4 heteroatoms. The molecule has 4 nitrogen and oxygen atoms in total. The average molecular weight is 235 g/mol. The fraction of sp³-hybridized carbons (Fsp3) is 0.462. The molecule has 1 aliphatic rings. The highest BCUT2D eigenvalue weighted by atomic mass is 16.5. The van der Waals surface area contributed by atoms with Crippen LogP contribution < -0.4 is 10.1 Å². The standard InChI is InChI=1S/C13H18N2O2/c1-11-2-4-12(5-3-11)17-10-13(16)15-8-6-14-7-9-15/h2-5,14H,6-10H2,1H3/p+1. The summed E-state index contributed by atoms with van der Waals surface area (Å²) in [6.45, 7) is 5.82. The third-order valence-electron chi connectivity index (χ3n) is 2.94. The number of ether oxygens (including phenoxy) is 1. The number of benzene rings is 1. The summed E-state index contributed by atoms with van der Waals surface area (Å²) in [5.41, 5.74) is 1.19. The zero-order valence-electron chi connectivity index (χ0n) is 10.2. The summed E-state index contributed by atoms with van der Waals surface area (Å²) in [6, 6.07) is 7.75. The van der Waals surface area contributed by atoms with E-state index in [1.165, 1.54) is 5.56 Å². The number of hydrogen-bond donors (Lipinski definition) is 1. The molecule has 1 amide bonds. The van der Waals surface area contributed by atoms with Crippen molar-refractivity contribution in [2.75, 3.05) is 32.8 Å². The number of hydrogen-bond acceptors (Lipinski definition) is 2. The molecule has 0 bridgehead atoms. The largest absolute Gasteiger partial charge is 0.484 e. The molecule has 1 heterocycles. The van der Waals surface area contributed by atoms with Crippen LogP contribution in [0.5, 0.6) is 5.75 Å². The number of quaternary nitrogens is 1. The first-order valence-corrected chi connectivity index (χ1v) is 6.04. The Morgan fingerprint density at radius 2 is 1.94 bits per heavy atom. The third kappa shape index (κ3) is 3.46. The number of nitrogens with two attached hydrogens (primary N) is 1. The molecule has 1 aromatic rings. The first kappa shape index (κ1) is 11.9. The van der Waals surface area contributed by atoms with Gasteiger partial charge in [-0.05, 0) is 19.1 Å². The van der Waals surface area contributed by atoms with E-state index in [1.54, 1.807) is 0 Å². The number of carbonyl (C=O) groups excluding carboxylic acids is 1. The van der Waals surface area contributed by atoms with Crippen LogP contribution in [0.15, 0.2) is 24.3 Å². The summed E-state index contributed by atoms with van der Waals surface area (Å²) in [5.74, 6) is 0.839. The van der Waals surface area contributed by atoms with Gasteiger partial charge in [0.2, 0.25) is 0 Å². The van der Waals surface area contributed by atoms with Crippen LogP contribution in [-0.2, 0) is 4.79 Å². The Bertz CT molecular complexity index is 370. The smallest absolute Gasteiger partial charge is 0.260 e. The van der Waals surface area contributed by atoms with E-state index in [-0.39, 0.29) is 12.5 Å². The molecule has 2 N–H and O–H groups in total. The minimum Gasteiger partial charge on any atom is -0.484 e. The molecule has 0 atom stereocenters. The van der Waals surface area contributed by atoms with E-state index in [0.29, 0.717) is 0 Å². The number of rotatable bonds is 3. The van der Waals surface area contributed by atoms with Crippen molar-refractivity contribution < 1.29 is 14.8 Å². The zero-order valence-corrected chi connectivity index (χ0v) is 10.2. The Balaban J connectivity index is 1.81. The monoisotopic (exact) mass is 235 g/mol. The second kappa shape index (κ2) is 5.68. The molecule has 1 fully saturated rings. The van der Waals surface area contributed by atoms with E-state index in [1.807, 2.05) is 36.1 Å². The maximum atomic E-state index is 11.8. The van der Waals surface area contributed by atoms with Gasteiger partial charge in [0.05, 0.1) is 26.2 Å². The van der Waals surface area contributed by atoms with Crippen molar-refractivity contribution >= 4 is 5.91 Å². The van der Waals surface area contributed by atoms with Crippen molar-refractivity contribution in [1.29, 1.82) is 0 Å². The highest BCUT2D eigenvalue weighted by Crippen LogP contribution is 2.11. The predicted molar refractivity (Wildman–Crippen MR) is 64.9 cm³/mol. The second-order valence-electron chi connectivity index (χ2n) is 4.35. The van der Waals surface area contributed by atoms with Crippen molar-refractivity contribution in [1.82, 2.24) is 4.90 Å². The van der Waals surface area contributed by atoms with Gasteiger partial charge in [-0.1, -0.05) is 17.7 Å². The van der Waals surface area contributed by atoms with E-state index in [2.05, 4.69) is 5.32 Å². The zero-order chi connectivity index (χ0) is 12.1. The van der Waals surface area contributed by atoms with Crippen molar-refractivity contribution in [2.45, 2.75) is 6.92 Å². The van der Waals surface area contributed by atoms with Crippen molar-refractivity contribution in [3.05, 3.63) is 29.8 Å². The first-order chi connectivity index (χ1) is 8.25. The van der Waals surface area contributed by atoms with E-state index < -0.39 is 0 Å². The summed E-state index contributed by atoms with van der Waals surface area (Å²) in [5, 5.41) is 2.23. The van der Waals surface area contributed by atoms with E-state index in [9.17, 15) is 4.79 Å². The Labute approximate surface area is 102 Å². The van der Waals surface area contributed by atoms with Gasteiger partial charge in [-0.15, -0.1) is 0 Å². The summed E-state index contributed by atoms with van der Waals surface area (Å²) in [4.78, 5) is 13.7. The lowest BCUT2D eigenvalue weighted by atomic mass is 10.2. The van der Waals surface area contributed by atoms with Crippen LogP contribution in [0.2, 0.25) is 0 Å². The number of carbonyl (C=O) groups is 1. The number of aryl methyl sites for hydroxylation is 1. The maximum absolute atomic E-state index is 11.8. The lowest BCUT2D eigenvalue weighted by Crippen LogP contribution is -2.90. The van der Waals surface area contributed by atoms with E-state index in [4.69, 9.17) is 4.74 Å². The van der Waals surface area contributed by atoms with Gasteiger partial charge >= 0.3 is 0 Å². The molecule has 92 valence electrons. The van der Waals surface area contributed by atoms with Gasteiger partial charge in [0.25, 0.3) is 5.91 Å². The maximum Gasteiger partial charge on any atom is 0.260 e. The molecule has 0 saturated carbocycles. The summed E-state index contributed by atoms with van der Waals surface area (Å²) >= 11 is 0. The summed E-state index contributed by atoms with van der Waals surface area (Å²) in [6.07, 6.45) is 0. The van der Waals surface area contributed by atoms with Gasteiger partial charge < -0.3 is 15.0 Å². The Morgan fingerprint density at radius 3 is 2.59 bits per heavy atom. The van der Waals surface area contributed by atoms with Crippen molar-refractivity contribution in [2.24, 2.45) is 0 Å². The van der Waals surface area contributed by atoms with Crippen LogP contribution in [-0.4, -0.2) is 43.6 Å². The molecule has 0 aliphatic carbocycles. The molecule has 2 rings (SSSR count). The highest BCUT2D eigenvalue weighted by molar-refractivity contribution is 5.77.